The van der Waals surface area contributed by atoms with E-state index >= 15 is 0 Å². The van der Waals surface area contributed by atoms with E-state index in [2.05, 4.69) is 75.6 Å². The molecular formula is C22H28IN5. The Morgan fingerprint density at radius 3 is 2.39 bits per heavy atom. The highest BCUT2D eigenvalue weighted by atomic mass is 127. The summed E-state index contributed by atoms with van der Waals surface area (Å²) >= 11 is 0. The van der Waals surface area contributed by atoms with Gasteiger partial charge in [-0.2, -0.15) is 0 Å². The Kier molecular flexibility index (Phi) is 9.54. The molecule has 0 aliphatic carbocycles. The lowest BCUT2D eigenvalue weighted by Gasteiger charge is -2.11. The molecule has 0 saturated carbocycles. The van der Waals surface area contributed by atoms with Crippen molar-refractivity contribution < 1.29 is 0 Å². The summed E-state index contributed by atoms with van der Waals surface area (Å²) in [7, 11) is 0. The van der Waals surface area contributed by atoms with Crippen molar-refractivity contribution in [3.63, 3.8) is 0 Å². The summed E-state index contributed by atoms with van der Waals surface area (Å²) < 4.78 is 2.06. The summed E-state index contributed by atoms with van der Waals surface area (Å²) in [4.78, 5) is 8.78. The molecule has 0 atom stereocenters. The van der Waals surface area contributed by atoms with Crippen LogP contribution in [-0.4, -0.2) is 28.6 Å². The first-order valence-electron chi connectivity index (χ1n) is 9.43. The molecule has 2 N–H and O–H groups in total. The van der Waals surface area contributed by atoms with Crippen LogP contribution in [0.25, 0.3) is 0 Å². The summed E-state index contributed by atoms with van der Waals surface area (Å²) in [5.74, 6) is 0.857. The van der Waals surface area contributed by atoms with Gasteiger partial charge in [0.15, 0.2) is 5.96 Å². The Balaban J connectivity index is 0.00000280. The second-order valence-electron chi connectivity index (χ2n) is 6.41. The Labute approximate surface area is 184 Å². The summed E-state index contributed by atoms with van der Waals surface area (Å²) in [6.45, 7) is 5.29. The quantitative estimate of drug-likeness (QED) is 0.287. The third-order valence-corrected chi connectivity index (χ3v) is 4.26. The van der Waals surface area contributed by atoms with Gasteiger partial charge >= 0.3 is 0 Å². The SMILES string of the molecule is CCNC(=NCc1ccc(Cn2ccnc2)cc1)NCCc1ccccc1.I. The average Bonchev–Trinajstić information content (AvgIpc) is 3.21. The fraction of sp³-hybridized carbons (Fsp3) is 0.273. The lowest BCUT2D eigenvalue weighted by Crippen LogP contribution is -2.38. The molecule has 0 saturated heterocycles. The van der Waals surface area contributed by atoms with Crippen LogP contribution in [0.2, 0.25) is 0 Å². The number of benzene rings is 2. The van der Waals surface area contributed by atoms with Gasteiger partial charge in [-0.25, -0.2) is 9.98 Å². The number of nitrogens with one attached hydrogen (secondary N) is 2. The zero-order valence-electron chi connectivity index (χ0n) is 16.2. The molecule has 0 radical (unpaired) electrons. The van der Waals surface area contributed by atoms with E-state index in [0.717, 1.165) is 32.0 Å². The van der Waals surface area contributed by atoms with Gasteiger partial charge in [0, 0.05) is 32.0 Å². The molecule has 6 heteroatoms. The van der Waals surface area contributed by atoms with E-state index in [1.165, 1.54) is 16.7 Å². The maximum absolute atomic E-state index is 4.70. The van der Waals surface area contributed by atoms with Gasteiger partial charge in [0.1, 0.15) is 0 Å². The molecule has 0 spiro atoms. The molecule has 0 unspecified atom stereocenters. The first-order chi connectivity index (χ1) is 13.3. The minimum atomic E-state index is 0. The number of guanidine groups is 1. The highest BCUT2D eigenvalue weighted by Gasteiger charge is 2.00. The zero-order valence-corrected chi connectivity index (χ0v) is 18.5. The summed E-state index contributed by atoms with van der Waals surface area (Å²) in [5.41, 5.74) is 3.78. The summed E-state index contributed by atoms with van der Waals surface area (Å²) in [6, 6.07) is 19.1. The number of hydrogen-bond acceptors (Lipinski definition) is 2. The van der Waals surface area contributed by atoms with E-state index in [0.29, 0.717) is 6.54 Å². The largest absolute Gasteiger partial charge is 0.357 e. The molecule has 0 fully saturated rings. The van der Waals surface area contributed by atoms with Crippen LogP contribution in [0, 0.1) is 0 Å². The molecule has 3 aromatic rings. The van der Waals surface area contributed by atoms with Gasteiger partial charge < -0.3 is 15.2 Å². The third-order valence-electron chi connectivity index (χ3n) is 4.26. The van der Waals surface area contributed by atoms with Gasteiger partial charge in [0.2, 0.25) is 0 Å². The highest BCUT2D eigenvalue weighted by molar-refractivity contribution is 14.0. The van der Waals surface area contributed by atoms with Crippen molar-refractivity contribution in [1.29, 1.82) is 0 Å². The first kappa shape index (κ1) is 21.9. The van der Waals surface area contributed by atoms with E-state index in [1.807, 2.05) is 18.6 Å². The van der Waals surface area contributed by atoms with Crippen molar-refractivity contribution in [2.75, 3.05) is 13.1 Å². The lowest BCUT2D eigenvalue weighted by molar-refractivity contribution is 0.794. The van der Waals surface area contributed by atoms with E-state index in [9.17, 15) is 0 Å². The van der Waals surface area contributed by atoms with Gasteiger partial charge in [-0.3, -0.25) is 0 Å². The Bertz CT molecular complexity index is 814. The number of rotatable bonds is 8. The second-order valence-corrected chi connectivity index (χ2v) is 6.41. The number of imidazole rings is 1. The van der Waals surface area contributed by atoms with Crippen LogP contribution >= 0.6 is 24.0 Å². The Morgan fingerprint density at radius 2 is 1.71 bits per heavy atom. The topological polar surface area (TPSA) is 54.2 Å². The zero-order chi connectivity index (χ0) is 18.7. The van der Waals surface area contributed by atoms with Crippen LogP contribution in [0.5, 0.6) is 0 Å². The van der Waals surface area contributed by atoms with E-state index in [4.69, 9.17) is 4.99 Å². The van der Waals surface area contributed by atoms with E-state index < -0.39 is 0 Å². The molecule has 148 valence electrons. The molecule has 1 aromatic heterocycles. The highest BCUT2D eigenvalue weighted by Crippen LogP contribution is 2.07. The van der Waals surface area contributed by atoms with E-state index in [-0.39, 0.29) is 24.0 Å². The van der Waals surface area contributed by atoms with Gasteiger partial charge in [-0.1, -0.05) is 54.6 Å². The Morgan fingerprint density at radius 1 is 0.964 bits per heavy atom. The van der Waals surface area contributed by atoms with Crippen molar-refractivity contribution in [3.05, 3.63) is 90.0 Å². The van der Waals surface area contributed by atoms with Crippen LogP contribution < -0.4 is 10.6 Å². The molecule has 3 rings (SSSR count). The van der Waals surface area contributed by atoms with Crippen LogP contribution in [0.1, 0.15) is 23.6 Å². The molecule has 2 aromatic carbocycles. The third kappa shape index (κ3) is 7.34. The predicted octanol–water partition coefficient (Wildman–Crippen LogP) is 3.85. The molecule has 0 aliphatic heterocycles. The Hall–Kier alpha value is -2.35. The van der Waals surface area contributed by atoms with Crippen LogP contribution in [0.4, 0.5) is 0 Å². The number of hydrogen-bond donors (Lipinski definition) is 2. The molecule has 0 aliphatic rings. The molecular weight excluding hydrogens is 461 g/mol. The number of aromatic nitrogens is 2. The van der Waals surface area contributed by atoms with Crippen molar-refractivity contribution in [2.24, 2.45) is 4.99 Å². The van der Waals surface area contributed by atoms with Gasteiger partial charge in [0.25, 0.3) is 0 Å². The average molecular weight is 489 g/mol. The van der Waals surface area contributed by atoms with Crippen molar-refractivity contribution in [1.82, 2.24) is 20.2 Å². The molecule has 1 heterocycles. The minimum absolute atomic E-state index is 0. The first-order valence-corrected chi connectivity index (χ1v) is 9.43. The maximum Gasteiger partial charge on any atom is 0.191 e. The monoisotopic (exact) mass is 489 g/mol. The van der Waals surface area contributed by atoms with Crippen molar-refractivity contribution >= 4 is 29.9 Å². The van der Waals surface area contributed by atoms with Gasteiger partial charge in [0.05, 0.1) is 12.9 Å². The fourth-order valence-corrected chi connectivity index (χ4v) is 2.82. The molecule has 28 heavy (non-hydrogen) atoms. The van der Waals surface area contributed by atoms with Crippen LogP contribution in [-0.2, 0) is 19.5 Å². The summed E-state index contributed by atoms with van der Waals surface area (Å²) in [6.07, 6.45) is 6.59. The summed E-state index contributed by atoms with van der Waals surface area (Å²) in [5, 5.41) is 6.72. The van der Waals surface area contributed by atoms with Gasteiger partial charge in [-0.05, 0) is 30.0 Å². The number of halogens is 1. The van der Waals surface area contributed by atoms with E-state index in [1.54, 1.807) is 6.20 Å². The maximum atomic E-state index is 4.70. The predicted molar refractivity (Wildman–Crippen MR) is 126 cm³/mol. The number of aliphatic imine (C=N–C) groups is 1. The second kappa shape index (κ2) is 12.2. The standard InChI is InChI=1S/C22H27N5.HI/c1-2-24-22(25-13-12-19-6-4-3-5-7-19)26-16-20-8-10-21(11-9-20)17-27-15-14-23-18-27;/h3-11,14-15,18H,2,12-13,16-17H2,1H3,(H2,24,25,26);1H. The normalized spacial score (nSPS) is 11.0. The molecule has 5 nitrogen and oxygen atoms in total. The molecule has 0 bridgehead atoms. The molecule has 0 amide bonds. The van der Waals surface area contributed by atoms with Crippen molar-refractivity contribution in [3.8, 4) is 0 Å². The van der Waals surface area contributed by atoms with Crippen LogP contribution in [0.3, 0.4) is 0 Å². The van der Waals surface area contributed by atoms with Crippen LogP contribution in [0.15, 0.2) is 78.3 Å². The fourth-order valence-electron chi connectivity index (χ4n) is 2.82. The number of nitrogens with zero attached hydrogens (tertiary/aromatic N) is 3. The smallest absolute Gasteiger partial charge is 0.191 e. The minimum Gasteiger partial charge on any atom is -0.357 e. The van der Waals surface area contributed by atoms with Crippen molar-refractivity contribution in [2.45, 2.75) is 26.4 Å². The van der Waals surface area contributed by atoms with Gasteiger partial charge in [-0.15, -0.1) is 24.0 Å². The lowest BCUT2D eigenvalue weighted by atomic mass is 10.1.